The average molecular weight is 391 g/mol. The molecule has 1 N–H and O–H groups in total. The summed E-state index contributed by atoms with van der Waals surface area (Å²) < 4.78 is 41.3. The molecule has 4 nitrogen and oxygen atoms in total. The molecule has 1 atom stereocenters. The summed E-state index contributed by atoms with van der Waals surface area (Å²) >= 11 is 5.74. The van der Waals surface area contributed by atoms with Gasteiger partial charge in [-0.2, -0.15) is 0 Å². The Morgan fingerprint density at radius 3 is 2.42 bits per heavy atom. The first-order valence-electron chi connectivity index (χ1n) is 7.84. The quantitative estimate of drug-likeness (QED) is 0.689. The van der Waals surface area contributed by atoms with E-state index in [1.165, 1.54) is 12.1 Å². The van der Waals surface area contributed by atoms with Crippen LogP contribution in [0, 0.1) is 5.82 Å². The lowest BCUT2D eigenvalue weighted by Crippen LogP contribution is -2.31. The molecular weight excluding hydrogens is 375 g/mol. The molecule has 0 aliphatic rings. The van der Waals surface area contributed by atoms with Crippen molar-refractivity contribution in [2.45, 2.75) is 11.8 Å². The van der Waals surface area contributed by atoms with Crippen LogP contribution in [0.3, 0.4) is 0 Å². The van der Waals surface area contributed by atoms with Crippen LogP contribution < -0.4 is 4.72 Å². The van der Waals surface area contributed by atoms with Crippen molar-refractivity contribution < 1.29 is 12.8 Å². The van der Waals surface area contributed by atoms with E-state index in [0.29, 0.717) is 11.3 Å². The van der Waals surface area contributed by atoms with E-state index in [1.807, 2.05) is 30.3 Å². The molecule has 3 aromatic rings. The SMILES string of the molecule is O=S(=O)(Cc1ccc(F)c(Cl)c1)N[C@H](c1ccccc1)c1ccccn1. The molecule has 0 radical (unpaired) electrons. The first-order chi connectivity index (χ1) is 12.4. The van der Waals surface area contributed by atoms with E-state index in [1.54, 1.807) is 24.4 Å². The Morgan fingerprint density at radius 2 is 1.77 bits per heavy atom. The fraction of sp³-hybridized carbons (Fsp3) is 0.105. The number of pyridine rings is 1. The number of nitrogens with one attached hydrogen (secondary N) is 1. The molecule has 0 unspecified atom stereocenters. The van der Waals surface area contributed by atoms with Gasteiger partial charge < -0.3 is 0 Å². The Bertz CT molecular complexity index is 943. The molecule has 26 heavy (non-hydrogen) atoms. The minimum absolute atomic E-state index is 0.109. The standard InChI is InChI=1S/C19H16ClFN2O2S/c20-16-12-14(9-10-17(16)21)13-26(24,25)23-19(15-6-2-1-3-7-15)18-8-4-5-11-22-18/h1-12,19,23H,13H2/t19-/m1/s1. The molecule has 0 spiro atoms. The summed E-state index contributed by atoms with van der Waals surface area (Å²) in [6.45, 7) is 0. The monoisotopic (exact) mass is 390 g/mol. The van der Waals surface area contributed by atoms with Crippen LogP contribution in [-0.4, -0.2) is 13.4 Å². The summed E-state index contributed by atoms with van der Waals surface area (Å²) in [4.78, 5) is 4.27. The molecule has 0 aliphatic carbocycles. The van der Waals surface area contributed by atoms with Crippen LogP contribution in [-0.2, 0) is 15.8 Å². The zero-order valence-corrected chi connectivity index (χ0v) is 15.2. The van der Waals surface area contributed by atoms with Crippen molar-refractivity contribution >= 4 is 21.6 Å². The summed E-state index contributed by atoms with van der Waals surface area (Å²) in [6, 6.07) is 17.7. The molecule has 0 saturated heterocycles. The second-order valence-corrected chi connectivity index (χ2v) is 7.88. The maximum atomic E-state index is 13.3. The number of aromatic nitrogens is 1. The second-order valence-electron chi connectivity index (χ2n) is 5.72. The van der Waals surface area contributed by atoms with Gasteiger partial charge in [0, 0.05) is 6.20 Å². The summed E-state index contributed by atoms with van der Waals surface area (Å²) in [5, 5.41) is -0.109. The minimum atomic E-state index is -3.73. The number of hydrogen-bond acceptors (Lipinski definition) is 3. The van der Waals surface area contributed by atoms with Gasteiger partial charge in [0.15, 0.2) is 0 Å². The van der Waals surface area contributed by atoms with Gasteiger partial charge in [0.25, 0.3) is 0 Å². The summed E-state index contributed by atoms with van der Waals surface area (Å²) in [5.74, 6) is -0.903. The Balaban J connectivity index is 1.89. The highest BCUT2D eigenvalue weighted by molar-refractivity contribution is 7.88. The Kier molecular flexibility index (Phi) is 5.66. The van der Waals surface area contributed by atoms with Crippen molar-refractivity contribution in [1.82, 2.24) is 9.71 Å². The van der Waals surface area contributed by atoms with E-state index in [9.17, 15) is 12.8 Å². The van der Waals surface area contributed by atoms with Crippen LogP contribution in [0.15, 0.2) is 72.9 Å². The highest BCUT2D eigenvalue weighted by Crippen LogP contribution is 2.23. The highest BCUT2D eigenvalue weighted by Gasteiger charge is 2.22. The second kappa shape index (κ2) is 7.95. The average Bonchev–Trinajstić information content (AvgIpc) is 2.64. The molecular formula is C19H16ClFN2O2S. The van der Waals surface area contributed by atoms with Gasteiger partial charge in [-0.15, -0.1) is 0 Å². The minimum Gasteiger partial charge on any atom is -0.259 e. The lowest BCUT2D eigenvalue weighted by Gasteiger charge is -2.19. The van der Waals surface area contributed by atoms with Crippen molar-refractivity contribution in [2.75, 3.05) is 0 Å². The van der Waals surface area contributed by atoms with Crippen molar-refractivity contribution in [3.63, 3.8) is 0 Å². The van der Waals surface area contributed by atoms with Gasteiger partial charge in [0.05, 0.1) is 22.5 Å². The molecule has 7 heteroatoms. The number of sulfonamides is 1. The molecule has 0 amide bonds. The third-order valence-corrected chi connectivity index (χ3v) is 5.35. The Morgan fingerprint density at radius 1 is 1.04 bits per heavy atom. The predicted molar refractivity (Wildman–Crippen MR) is 99.7 cm³/mol. The largest absolute Gasteiger partial charge is 0.259 e. The smallest absolute Gasteiger partial charge is 0.216 e. The Labute approximate surface area is 156 Å². The van der Waals surface area contributed by atoms with E-state index in [2.05, 4.69) is 9.71 Å². The summed E-state index contributed by atoms with van der Waals surface area (Å²) in [6.07, 6.45) is 1.61. The van der Waals surface area contributed by atoms with E-state index in [0.717, 1.165) is 11.6 Å². The molecule has 2 aromatic carbocycles. The van der Waals surface area contributed by atoms with Crippen LogP contribution >= 0.6 is 11.6 Å². The van der Waals surface area contributed by atoms with Crippen LogP contribution in [0.5, 0.6) is 0 Å². The predicted octanol–water partition coefficient (Wildman–Crippen LogP) is 4.08. The first-order valence-corrected chi connectivity index (χ1v) is 9.87. The van der Waals surface area contributed by atoms with Crippen molar-refractivity contribution in [1.29, 1.82) is 0 Å². The highest BCUT2D eigenvalue weighted by atomic mass is 35.5. The molecule has 1 aromatic heterocycles. The van der Waals surface area contributed by atoms with E-state index >= 15 is 0 Å². The van der Waals surface area contributed by atoms with E-state index in [4.69, 9.17) is 11.6 Å². The lowest BCUT2D eigenvalue weighted by atomic mass is 10.0. The third kappa shape index (κ3) is 4.66. The number of halogens is 2. The lowest BCUT2D eigenvalue weighted by molar-refractivity contribution is 0.569. The van der Waals surface area contributed by atoms with Crippen molar-refractivity contribution in [3.8, 4) is 0 Å². The van der Waals surface area contributed by atoms with Gasteiger partial charge in [0.2, 0.25) is 10.0 Å². The number of nitrogens with zero attached hydrogens (tertiary/aromatic N) is 1. The van der Waals surface area contributed by atoms with Crippen molar-refractivity contribution in [2.24, 2.45) is 0 Å². The Hall–Kier alpha value is -2.28. The number of hydrogen-bond donors (Lipinski definition) is 1. The molecule has 1 heterocycles. The fourth-order valence-electron chi connectivity index (χ4n) is 2.56. The van der Waals surface area contributed by atoms with Gasteiger partial charge in [0.1, 0.15) is 5.82 Å². The maximum Gasteiger partial charge on any atom is 0.216 e. The third-order valence-electron chi connectivity index (χ3n) is 3.75. The van der Waals surface area contributed by atoms with Crippen LogP contribution in [0.2, 0.25) is 5.02 Å². The van der Waals surface area contributed by atoms with Crippen LogP contribution in [0.1, 0.15) is 22.9 Å². The van der Waals surface area contributed by atoms with Crippen LogP contribution in [0.4, 0.5) is 4.39 Å². The zero-order chi connectivity index (χ0) is 18.6. The number of rotatable bonds is 6. The van der Waals surface area contributed by atoms with Gasteiger partial charge in [-0.1, -0.05) is 54.1 Å². The topological polar surface area (TPSA) is 59.1 Å². The van der Waals surface area contributed by atoms with Gasteiger partial charge >= 0.3 is 0 Å². The summed E-state index contributed by atoms with van der Waals surface area (Å²) in [5.41, 5.74) is 1.75. The zero-order valence-electron chi connectivity index (χ0n) is 13.6. The summed E-state index contributed by atoms with van der Waals surface area (Å²) in [7, 11) is -3.73. The van der Waals surface area contributed by atoms with E-state index < -0.39 is 21.9 Å². The fourth-order valence-corrected chi connectivity index (χ4v) is 4.08. The molecule has 134 valence electrons. The van der Waals surface area contributed by atoms with Gasteiger partial charge in [-0.3, -0.25) is 4.98 Å². The van der Waals surface area contributed by atoms with Gasteiger partial charge in [-0.25, -0.2) is 17.5 Å². The first kappa shape index (κ1) is 18.5. The molecule has 0 aliphatic heterocycles. The van der Waals surface area contributed by atoms with Crippen LogP contribution in [0.25, 0.3) is 0 Å². The molecule has 0 fully saturated rings. The van der Waals surface area contributed by atoms with Crippen molar-refractivity contribution in [3.05, 3.63) is 101 Å². The molecule has 3 rings (SSSR count). The molecule has 0 saturated carbocycles. The normalized spacial score (nSPS) is 12.7. The maximum absolute atomic E-state index is 13.3. The van der Waals surface area contributed by atoms with E-state index in [-0.39, 0.29) is 10.8 Å². The van der Waals surface area contributed by atoms with Gasteiger partial charge in [-0.05, 0) is 35.4 Å². The number of benzene rings is 2. The molecule has 0 bridgehead atoms.